The predicted molar refractivity (Wildman–Crippen MR) is 104 cm³/mol. The van der Waals surface area contributed by atoms with Gasteiger partial charge in [0.2, 0.25) is 0 Å². The highest BCUT2D eigenvalue weighted by Gasteiger charge is 2.13. The van der Waals surface area contributed by atoms with Gasteiger partial charge in [-0.2, -0.15) is 0 Å². The fourth-order valence-corrected chi connectivity index (χ4v) is 2.37. The Kier molecular flexibility index (Phi) is 7.11. The third-order valence-corrected chi connectivity index (χ3v) is 3.70. The SMILES string of the molecule is CCCCOc1cccc(C(=O)NC(=S)Nc2ccccc2C(=O)O)c1. The normalized spacial score (nSPS) is 10.0. The number of aromatic carboxylic acids is 1. The van der Waals surface area contributed by atoms with E-state index in [0.717, 1.165) is 12.8 Å². The Morgan fingerprint density at radius 3 is 2.65 bits per heavy atom. The highest BCUT2D eigenvalue weighted by molar-refractivity contribution is 7.80. The van der Waals surface area contributed by atoms with Gasteiger partial charge in [0.05, 0.1) is 17.9 Å². The first kappa shape index (κ1) is 19.4. The fourth-order valence-electron chi connectivity index (χ4n) is 2.17. The largest absolute Gasteiger partial charge is 0.494 e. The number of benzene rings is 2. The summed E-state index contributed by atoms with van der Waals surface area (Å²) >= 11 is 5.11. The Labute approximate surface area is 157 Å². The zero-order valence-corrected chi connectivity index (χ0v) is 15.1. The summed E-state index contributed by atoms with van der Waals surface area (Å²) in [5.74, 6) is -0.878. The van der Waals surface area contributed by atoms with Crippen molar-refractivity contribution in [1.29, 1.82) is 0 Å². The molecule has 0 aliphatic rings. The van der Waals surface area contributed by atoms with Crippen LogP contribution in [-0.4, -0.2) is 28.7 Å². The summed E-state index contributed by atoms with van der Waals surface area (Å²) in [6.07, 6.45) is 1.96. The number of carbonyl (C=O) groups excluding carboxylic acids is 1. The Balaban J connectivity index is 2.00. The molecular weight excluding hydrogens is 352 g/mol. The second-order valence-corrected chi connectivity index (χ2v) is 5.90. The zero-order valence-electron chi connectivity index (χ0n) is 14.3. The number of unbranched alkanes of at least 4 members (excludes halogenated alkanes) is 1. The van der Waals surface area contributed by atoms with Crippen LogP contribution in [0.1, 0.15) is 40.5 Å². The lowest BCUT2D eigenvalue weighted by Crippen LogP contribution is -2.34. The fraction of sp³-hybridized carbons (Fsp3) is 0.211. The molecule has 2 aromatic rings. The van der Waals surface area contributed by atoms with Gasteiger partial charge in [0.25, 0.3) is 5.91 Å². The molecule has 0 aliphatic carbocycles. The van der Waals surface area contributed by atoms with E-state index in [-0.39, 0.29) is 10.7 Å². The van der Waals surface area contributed by atoms with Crippen LogP contribution in [-0.2, 0) is 0 Å². The number of hydrogen-bond donors (Lipinski definition) is 3. The van der Waals surface area contributed by atoms with Gasteiger partial charge in [-0.05, 0) is 49.0 Å². The van der Waals surface area contributed by atoms with Crippen LogP contribution in [0.25, 0.3) is 0 Å². The van der Waals surface area contributed by atoms with E-state index in [1.807, 2.05) is 0 Å². The van der Waals surface area contributed by atoms with Crippen LogP contribution in [0.3, 0.4) is 0 Å². The van der Waals surface area contributed by atoms with Crippen molar-refractivity contribution in [2.24, 2.45) is 0 Å². The van der Waals surface area contributed by atoms with Gasteiger partial charge in [0.15, 0.2) is 5.11 Å². The molecule has 3 N–H and O–H groups in total. The molecule has 0 aromatic heterocycles. The lowest BCUT2D eigenvalue weighted by atomic mass is 10.2. The van der Waals surface area contributed by atoms with Crippen molar-refractivity contribution in [3.63, 3.8) is 0 Å². The molecule has 2 aromatic carbocycles. The second kappa shape index (κ2) is 9.53. The third-order valence-electron chi connectivity index (χ3n) is 3.50. The first-order valence-corrected chi connectivity index (χ1v) is 8.59. The van der Waals surface area contributed by atoms with Crippen molar-refractivity contribution in [2.45, 2.75) is 19.8 Å². The van der Waals surface area contributed by atoms with E-state index >= 15 is 0 Å². The van der Waals surface area contributed by atoms with E-state index in [9.17, 15) is 14.7 Å². The van der Waals surface area contributed by atoms with E-state index < -0.39 is 11.9 Å². The summed E-state index contributed by atoms with van der Waals surface area (Å²) in [6, 6.07) is 13.1. The van der Waals surface area contributed by atoms with Crippen molar-refractivity contribution in [3.05, 3.63) is 59.7 Å². The smallest absolute Gasteiger partial charge is 0.337 e. The molecule has 7 heteroatoms. The van der Waals surface area contributed by atoms with Crippen molar-refractivity contribution < 1.29 is 19.4 Å². The molecule has 0 heterocycles. The summed E-state index contributed by atoms with van der Waals surface area (Å²) in [5.41, 5.74) is 0.770. The number of hydrogen-bond acceptors (Lipinski definition) is 4. The van der Waals surface area contributed by atoms with Crippen LogP contribution in [0.15, 0.2) is 48.5 Å². The molecule has 0 aliphatic heterocycles. The maximum Gasteiger partial charge on any atom is 0.337 e. The number of rotatable bonds is 7. The molecule has 136 valence electrons. The number of carboxylic acid groups (broad SMARTS) is 1. The molecule has 0 radical (unpaired) electrons. The van der Waals surface area contributed by atoms with Gasteiger partial charge in [-0.15, -0.1) is 0 Å². The second-order valence-electron chi connectivity index (χ2n) is 5.49. The maximum atomic E-state index is 12.3. The minimum atomic E-state index is -1.08. The third kappa shape index (κ3) is 5.56. The number of nitrogens with one attached hydrogen (secondary N) is 2. The molecule has 26 heavy (non-hydrogen) atoms. The summed E-state index contributed by atoms with van der Waals surface area (Å²) < 4.78 is 5.59. The van der Waals surface area contributed by atoms with E-state index in [1.165, 1.54) is 6.07 Å². The average molecular weight is 372 g/mol. The Bertz CT molecular complexity index is 808. The molecule has 0 unspecified atom stereocenters. The van der Waals surface area contributed by atoms with Crippen molar-refractivity contribution in [2.75, 3.05) is 11.9 Å². The first-order chi connectivity index (χ1) is 12.5. The molecular formula is C19H20N2O4S. The van der Waals surface area contributed by atoms with E-state index in [2.05, 4.69) is 17.6 Å². The van der Waals surface area contributed by atoms with Crippen LogP contribution in [0.4, 0.5) is 5.69 Å². The molecule has 0 atom stereocenters. The molecule has 0 fully saturated rings. The van der Waals surface area contributed by atoms with Crippen molar-refractivity contribution in [1.82, 2.24) is 5.32 Å². The molecule has 0 saturated carbocycles. The Morgan fingerprint density at radius 2 is 1.92 bits per heavy atom. The highest BCUT2D eigenvalue weighted by atomic mass is 32.1. The van der Waals surface area contributed by atoms with Gasteiger partial charge < -0.3 is 15.2 Å². The number of para-hydroxylation sites is 1. The van der Waals surface area contributed by atoms with Gasteiger partial charge in [-0.3, -0.25) is 10.1 Å². The number of ether oxygens (including phenoxy) is 1. The minimum absolute atomic E-state index is 0.0148. The van der Waals surface area contributed by atoms with Crippen LogP contribution in [0.5, 0.6) is 5.75 Å². The van der Waals surface area contributed by atoms with E-state index in [0.29, 0.717) is 23.6 Å². The van der Waals surface area contributed by atoms with Gasteiger partial charge in [-0.25, -0.2) is 4.79 Å². The number of carbonyl (C=O) groups is 2. The van der Waals surface area contributed by atoms with E-state index in [4.69, 9.17) is 17.0 Å². The Hall–Kier alpha value is -2.93. The van der Waals surface area contributed by atoms with Gasteiger partial charge in [0, 0.05) is 5.56 Å². The standard InChI is InChI=1S/C19H20N2O4S/c1-2-3-11-25-14-8-6-7-13(12-14)17(22)21-19(26)20-16-10-5-4-9-15(16)18(23)24/h4-10,12H,2-3,11H2,1H3,(H,23,24)(H2,20,21,22,26). The summed E-state index contributed by atoms with van der Waals surface area (Å²) in [5, 5.41) is 14.5. The van der Waals surface area contributed by atoms with Crippen LogP contribution >= 0.6 is 12.2 Å². The molecule has 6 nitrogen and oxygen atoms in total. The van der Waals surface area contributed by atoms with Crippen molar-refractivity contribution >= 4 is 34.9 Å². The molecule has 0 spiro atoms. The predicted octanol–water partition coefficient (Wildman–Crippen LogP) is 3.69. The van der Waals surface area contributed by atoms with Crippen molar-refractivity contribution in [3.8, 4) is 5.75 Å². The number of carboxylic acids is 1. The molecule has 0 bridgehead atoms. The summed E-state index contributed by atoms with van der Waals surface area (Å²) in [4.78, 5) is 23.5. The van der Waals surface area contributed by atoms with Crippen LogP contribution in [0, 0.1) is 0 Å². The lowest BCUT2D eigenvalue weighted by Gasteiger charge is -2.12. The number of thiocarbonyl (C=S) groups is 1. The highest BCUT2D eigenvalue weighted by Crippen LogP contribution is 2.16. The van der Waals surface area contributed by atoms with Gasteiger partial charge in [0.1, 0.15) is 5.75 Å². The average Bonchev–Trinajstić information content (AvgIpc) is 2.62. The summed E-state index contributed by atoms with van der Waals surface area (Å²) in [6.45, 7) is 2.66. The van der Waals surface area contributed by atoms with Gasteiger partial charge in [-0.1, -0.05) is 31.5 Å². The molecule has 2 rings (SSSR count). The monoisotopic (exact) mass is 372 g/mol. The Morgan fingerprint density at radius 1 is 1.15 bits per heavy atom. The summed E-state index contributed by atoms with van der Waals surface area (Å²) in [7, 11) is 0. The van der Waals surface area contributed by atoms with Crippen LogP contribution in [0.2, 0.25) is 0 Å². The quantitative estimate of drug-likeness (QED) is 0.507. The zero-order chi connectivity index (χ0) is 18.9. The minimum Gasteiger partial charge on any atom is -0.494 e. The number of anilines is 1. The number of amides is 1. The van der Waals surface area contributed by atoms with Gasteiger partial charge >= 0.3 is 5.97 Å². The molecule has 0 saturated heterocycles. The topological polar surface area (TPSA) is 87.7 Å². The first-order valence-electron chi connectivity index (χ1n) is 8.18. The molecule has 1 amide bonds. The van der Waals surface area contributed by atoms with E-state index in [1.54, 1.807) is 42.5 Å². The van der Waals surface area contributed by atoms with Crippen LogP contribution < -0.4 is 15.4 Å². The lowest BCUT2D eigenvalue weighted by molar-refractivity contribution is 0.0698. The maximum absolute atomic E-state index is 12.3.